The van der Waals surface area contributed by atoms with Crippen molar-refractivity contribution in [1.29, 1.82) is 0 Å². The third-order valence-corrected chi connectivity index (χ3v) is 2.96. The summed E-state index contributed by atoms with van der Waals surface area (Å²) in [5, 5.41) is 10.8. The molecule has 1 N–H and O–H groups in total. The number of hydrogen-bond donors (Lipinski definition) is 1. The predicted octanol–water partition coefficient (Wildman–Crippen LogP) is 2.08. The first kappa shape index (κ1) is 13.7. The molecule has 0 heterocycles. The lowest BCUT2D eigenvalue weighted by molar-refractivity contribution is -0.138. The van der Waals surface area contributed by atoms with Crippen LogP contribution in [0.25, 0.3) is 10.8 Å². The highest BCUT2D eigenvalue weighted by atomic mass is 16.3. The van der Waals surface area contributed by atoms with Crippen LogP contribution in [0, 0.1) is 0 Å². The number of carbonyl (C=O) groups excluding carboxylic acids is 3. The van der Waals surface area contributed by atoms with Gasteiger partial charge in [-0.1, -0.05) is 24.3 Å². The zero-order valence-corrected chi connectivity index (χ0v) is 11.1. The molecule has 0 aromatic heterocycles. The first-order valence-electron chi connectivity index (χ1n) is 5.99. The lowest BCUT2D eigenvalue weighted by atomic mass is 10.0. The van der Waals surface area contributed by atoms with Crippen molar-refractivity contribution in [1.82, 2.24) is 4.90 Å². The molecule has 102 valence electrons. The van der Waals surface area contributed by atoms with Gasteiger partial charge in [-0.05, 0) is 17.5 Å². The molecule has 0 saturated carbocycles. The van der Waals surface area contributed by atoms with Crippen LogP contribution in [0.2, 0.25) is 0 Å². The Morgan fingerprint density at radius 1 is 0.900 bits per heavy atom. The number of phenolic OH excluding ortho intramolecular Hbond substituents is 1. The summed E-state index contributed by atoms with van der Waals surface area (Å²) in [5.41, 5.74) is 0.198. The van der Waals surface area contributed by atoms with Gasteiger partial charge in [-0.25, -0.2) is 4.90 Å². The minimum Gasteiger partial charge on any atom is -0.507 e. The molecular formula is C15H13NO4. The second kappa shape index (κ2) is 5.13. The normalized spacial score (nSPS) is 10.3. The number of hydrogen-bond acceptors (Lipinski definition) is 4. The van der Waals surface area contributed by atoms with E-state index in [1.54, 1.807) is 24.3 Å². The molecule has 0 fully saturated rings. The molecule has 0 saturated heterocycles. The van der Waals surface area contributed by atoms with Gasteiger partial charge in [0.1, 0.15) is 5.75 Å². The van der Waals surface area contributed by atoms with Crippen molar-refractivity contribution in [2.24, 2.45) is 0 Å². The minimum atomic E-state index is -0.693. The number of rotatable bonds is 1. The van der Waals surface area contributed by atoms with Crippen LogP contribution >= 0.6 is 0 Å². The quantitative estimate of drug-likeness (QED) is 0.861. The maximum Gasteiger partial charge on any atom is 0.267 e. The highest BCUT2D eigenvalue weighted by molar-refractivity contribution is 6.19. The van der Waals surface area contributed by atoms with Gasteiger partial charge in [0.25, 0.3) is 5.91 Å². The van der Waals surface area contributed by atoms with E-state index in [4.69, 9.17) is 0 Å². The van der Waals surface area contributed by atoms with Crippen LogP contribution in [0.5, 0.6) is 5.75 Å². The Bertz CT molecular complexity index is 707. The van der Waals surface area contributed by atoms with Gasteiger partial charge >= 0.3 is 0 Å². The van der Waals surface area contributed by atoms with Crippen LogP contribution in [0.1, 0.15) is 24.2 Å². The summed E-state index contributed by atoms with van der Waals surface area (Å²) in [6.45, 7) is 2.31. The molecule has 3 amide bonds. The highest BCUT2D eigenvalue weighted by Gasteiger charge is 2.25. The van der Waals surface area contributed by atoms with Gasteiger partial charge in [-0.2, -0.15) is 0 Å². The standard InChI is InChI=1S/C15H13NO4/c1-9(17)16(10(2)18)15(20)13-7-8-14(19)12-6-4-3-5-11(12)13/h3-8,19H,1-2H3. The van der Waals surface area contributed by atoms with Gasteiger partial charge in [0, 0.05) is 24.8 Å². The SMILES string of the molecule is CC(=O)N(C(C)=O)C(=O)c1ccc(O)c2ccccc12. The Labute approximate surface area is 115 Å². The van der Waals surface area contributed by atoms with Gasteiger partial charge in [0.15, 0.2) is 0 Å². The minimum absolute atomic E-state index is 0.0364. The largest absolute Gasteiger partial charge is 0.507 e. The fourth-order valence-corrected chi connectivity index (χ4v) is 2.10. The Kier molecular flexibility index (Phi) is 3.52. The lowest BCUT2D eigenvalue weighted by Gasteiger charge is -2.16. The average Bonchev–Trinajstić information content (AvgIpc) is 2.38. The lowest BCUT2D eigenvalue weighted by Crippen LogP contribution is -2.39. The molecule has 0 radical (unpaired) electrons. The van der Waals surface area contributed by atoms with Crippen LogP contribution < -0.4 is 0 Å². The van der Waals surface area contributed by atoms with E-state index in [0.29, 0.717) is 15.7 Å². The van der Waals surface area contributed by atoms with Crippen molar-refractivity contribution in [3.63, 3.8) is 0 Å². The number of nitrogens with zero attached hydrogens (tertiary/aromatic N) is 1. The number of phenols is 1. The molecule has 0 aliphatic rings. The Hall–Kier alpha value is -2.69. The van der Waals surface area contributed by atoms with Crippen LogP contribution in [-0.2, 0) is 9.59 Å². The third kappa shape index (κ3) is 2.25. The number of carbonyl (C=O) groups is 3. The monoisotopic (exact) mass is 271 g/mol. The Morgan fingerprint density at radius 3 is 2.00 bits per heavy atom. The molecule has 5 heteroatoms. The van der Waals surface area contributed by atoms with E-state index < -0.39 is 17.7 Å². The van der Waals surface area contributed by atoms with Gasteiger partial charge in [-0.15, -0.1) is 0 Å². The maximum atomic E-state index is 12.4. The van der Waals surface area contributed by atoms with Gasteiger partial charge in [-0.3, -0.25) is 14.4 Å². The molecule has 0 aliphatic heterocycles. The number of amides is 3. The predicted molar refractivity (Wildman–Crippen MR) is 73.1 cm³/mol. The number of benzene rings is 2. The second-order valence-electron chi connectivity index (χ2n) is 4.36. The van der Waals surface area contributed by atoms with Crippen LogP contribution in [-0.4, -0.2) is 27.7 Å². The van der Waals surface area contributed by atoms with E-state index in [2.05, 4.69) is 0 Å². The van der Waals surface area contributed by atoms with Crippen LogP contribution in [0.15, 0.2) is 36.4 Å². The molecule has 20 heavy (non-hydrogen) atoms. The third-order valence-electron chi connectivity index (χ3n) is 2.96. The maximum absolute atomic E-state index is 12.4. The first-order valence-corrected chi connectivity index (χ1v) is 5.99. The summed E-state index contributed by atoms with van der Waals surface area (Å²) >= 11 is 0. The average molecular weight is 271 g/mol. The molecule has 2 aromatic rings. The van der Waals surface area contributed by atoms with Crippen LogP contribution in [0.3, 0.4) is 0 Å². The van der Waals surface area contributed by atoms with Crippen molar-refractivity contribution in [3.05, 3.63) is 42.0 Å². The molecule has 0 unspecified atom stereocenters. The number of imide groups is 3. The second-order valence-corrected chi connectivity index (χ2v) is 4.36. The van der Waals surface area contributed by atoms with Crippen molar-refractivity contribution in [3.8, 4) is 5.75 Å². The van der Waals surface area contributed by atoms with E-state index in [9.17, 15) is 19.5 Å². The fourth-order valence-electron chi connectivity index (χ4n) is 2.10. The summed E-state index contributed by atoms with van der Waals surface area (Å²) in [7, 11) is 0. The summed E-state index contributed by atoms with van der Waals surface area (Å²) < 4.78 is 0. The van der Waals surface area contributed by atoms with Gasteiger partial charge < -0.3 is 5.11 Å². The van der Waals surface area contributed by atoms with Crippen molar-refractivity contribution in [2.45, 2.75) is 13.8 Å². The van der Waals surface area contributed by atoms with Crippen molar-refractivity contribution >= 4 is 28.5 Å². The molecule has 0 aliphatic carbocycles. The molecule has 0 spiro atoms. The molecule has 2 aromatic carbocycles. The summed E-state index contributed by atoms with van der Waals surface area (Å²) in [6.07, 6.45) is 0. The molecule has 0 atom stereocenters. The number of fused-ring (bicyclic) bond motifs is 1. The molecule has 2 rings (SSSR count). The summed E-state index contributed by atoms with van der Waals surface area (Å²) in [4.78, 5) is 35.8. The van der Waals surface area contributed by atoms with Crippen molar-refractivity contribution < 1.29 is 19.5 Å². The number of aromatic hydroxyl groups is 1. The first-order chi connectivity index (χ1) is 9.43. The molecule has 0 bridgehead atoms. The van der Waals surface area contributed by atoms with E-state index in [1.165, 1.54) is 12.1 Å². The van der Waals surface area contributed by atoms with Gasteiger partial charge in [0.2, 0.25) is 11.8 Å². The van der Waals surface area contributed by atoms with E-state index in [-0.39, 0.29) is 11.3 Å². The molecule has 5 nitrogen and oxygen atoms in total. The Balaban J connectivity index is 2.64. The highest BCUT2D eigenvalue weighted by Crippen LogP contribution is 2.28. The van der Waals surface area contributed by atoms with E-state index in [1.807, 2.05) is 0 Å². The zero-order valence-electron chi connectivity index (χ0n) is 11.1. The van der Waals surface area contributed by atoms with Gasteiger partial charge in [0.05, 0.1) is 0 Å². The van der Waals surface area contributed by atoms with E-state index in [0.717, 1.165) is 13.8 Å². The topological polar surface area (TPSA) is 74.7 Å². The molecular weight excluding hydrogens is 258 g/mol. The summed E-state index contributed by atoms with van der Waals surface area (Å²) in [5.74, 6) is -1.94. The van der Waals surface area contributed by atoms with Crippen LogP contribution in [0.4, 0.5) is 0 Å². The van der Waals surface area contributed by atoms with E-state index >= 15 is 0 Å². The fraction of sp³-hybridized carbons (Fsp3) is 0.133. The van der Waals surface area contributed by atoms with Crippen molar-refractivity contribution in [2.75, 3.05) is 0 Å². The Morgan fingerprint density at radius 2 is 1.45 bits per heavy atom. The smallest absolute Gasteiger partial charge is 0.267 e. The zero-order chi connectivity index (χ0) is 14.9. The summed E-state index contributed by atoms with van der Waals surface area (Å²) in [6, 6.07) is 9.52.